The molecule has 2 aliphatic rings. The molecule has 3 rings (SSSR count). The second-order valence-electron chi connectivity index (χ2n) is 6.68. The fourth-order valence-corrected chi connectivity index (χ4v) is 4.93. The number of carbonyl (C=O) groups excluding carboxylic acids is 2. The van der Waals surface area contributed by atoms with Crippen LogP contribution in [0.25, 0.3) is 0 Å². The van der Waals surface area contributed by atoms with Gasteiger partial charge in [0.15, 0.2) is 4.91 Å². The molecular weight excluding hydrogens is 352 g/mol. The lowest BCUT2D eigenvalue weighted by Crippen LogP contribution is -2.40. The van der Waals surface area contributed by atoms with Gasteiger partial charge in [0, 0.05) is 30.8 Å². The molecule has 1 aliphatic carbocycles. The Kier molecular flexibility index (Phi) is 5.58. The Hall–Kier alpha value is -1.99. The van der Waals surface area contributed by atoms with Crippen LogP contribution in [0.4, 0.5) is 0 Å². The number of nitrogens with zero attached hydrogens (tertiary/aromatic N) is 1. The van der Waals surface area contributed by atoms with E-state index in [2.05, 4.69) is 4.72 Å². The number of fused-ring (bicyclic) bond motifs is 1. The number of sulfonamides is 1. The molecule has 0 saturated carbocycles. The van der Waals surface area contributed by atoms with Crippen LogP contribution in [0.3, 0.4) is 0 Å². The maximum Gasteiger partial charge on any atom is 0.246 e. The molecule has 0 atom stereocenters. The number of hydrogen-bond acceptors (Lipinski definition) is 5. The van der Waals surface area contributed by atoms with Crippen molar-refractivity contribution in [3.8, 4) is 0 Å². The van der Waals surface area contributed by atoms with Gasteiger partial charge in [0.1, 0.15) is 5.70 Å². The minimum Gasteiger partial charge on any atom is -0.367 e. The van der Waals surface area contributed by atoms with Gasteiger partial charge in [-0.1, -0.05) is 44.0 Å². The average molecular weight is 376 g/mol. The second kappa shape index (κ2) is 7.72. The highest BCUT2D eigenvalue weighted by molar-refractivity contribution is 7.94. The van der Waals surface area contributed by atoms with E-state index in [0.717, 1.165) is 25.7 Å². The maximum absolute atomic E-state index is 13.2. The fraction of sp³-hybridized carbons (Fsp3) is 0.474. The summed E-state index contributed by atoms with van der Waals surface area (Å²) >= 11 is 0. The topological polar surface area (TPSA) is 83.6 Å². The highest BCUT2D eigenvalue weighted by atomic mass is 32.2. The lowest BCUT2D eigenvalue weighted by molar-refractivity contribution is 0.0947. The maximum atomic E-state index is 13.2. The monoisotopic (exact) mass is 376 g/mol. The van der Waals surface area contributed by atoms with E-state index in [1.807, 2.05) is 6.92 Å². The van der Waals surface area contributed by atoms with Crippen molar-refractivity contribution in [2.75, 3.05) is 19.6 Å². The van der Waals surface area contributed by atoms with Crippen LogP contribution in [0.1, 0.15) is 59.7 Å². The van der Waals surface area contributed by atoms with Crippen LogP contribution < -0.4 is 4.72 Å². The van der Waals surface area contributed by atoms with Crippen molar-refractivity contribution in [1.29, 1.82) is 0 Å². The molecule has 7 heteroatoms. The molecule has 1 fully saturated rings. The minimum atomic E-state index is -4.06. The molecule has 0 unspecified atom stereocenters. The van der Waals surface area contributed by atoms with Gasteiger partial charge in [-0.25, -0.2) is 13.1 Å². The summed E-state index contributed by atoms with van der Waals surface area (Å²) in [6, 6.07) is 6.45. The number of Topliss-reactive ketones (excluding diaryl/α,β-unsaturated/α-hetero) is 2. The predicted octanol–water partition coefficient (Wildman–Crippen LogP) is 2.48. The molecule has 1 saturated heterocycles. The minimum absolute atomic E-state index is 0.0409. The Morgan fingerprint density at radius 1 is 0.962 bits per heavy atom. The quantitative estimate of drug-likeness (QED) is 0.854. The van der Waals surface area contributed by atoms with Gasteiger partial charge in [-0.3, -0.25) is 9.59 Å². The molecule has 0 amide bonds. The average Bonchev–Trinajstić information content (AvgIpc) is 2.92. The normalized spacial score (nSPS) is 18.7. The molecule has 6 nitrogen and oxygen atoms in total. The van der Waals surface area contributed by atoms with E-state index in [1.54, 1.807) is 23.1 Å². The van der Waals surface area contributed by atoms with Crippen LogP contribution in [-0.4, -0.2) is 44.5 Å². The molecule has 1 N–H and O–H groups in total. The molecular formula is C19H24N2O4S. The van der Waals surface area contributed by atoms with Gasteiger partial charge in [-0.05, 0) is 19.3 Å². The van der Waals surface area contributed by atoms with Crippen molar-refractivity contribution in [2.24, 2.45) is 0 Å². The zero-order chi connectivity index (χ0) is 18.7. The summed E-state index contributed by atoms with van der Waals surface area (Å²) in [7, 11) is -4.06. The van der Waals surface area contributed by atoms with Crippen LogP contribution in [0.2, 0.25) is 0 Å². The lowest BCUT2D eigenvalue weighted by atomic mass is 9.91. The molecule has 0 bridgehead atoms. The first kappa shape index (κ1) is 18.8. The second-order valence-corrected chi connectivity index (χ2v) is 8.38. The Morgan fingerprint density at radius 3 is 2.12 bits per heavy atom. The van der Waals surface area contributed by atoms with E-state index in [4.69, 9.17) is 0 Å². The van der Waals surface area contributed by atoms with E-state index >= 15 is 0 Å². The molecule has 0 aromatic heterocycles. The van der Waals surface area contributed by atoms with Crippen molar-refractivity contribution >= 4 is 21.6 Å². The van der Waals surface area contributed by atoms with E-state index < -0.39 is 20.7 Å². The number of ketones is 2. The number of allylic oxidation sites excluding steroid dienone is 2. The lowest BCUT2D eigenvalue weighted by Gasteiger charge is -2.30. The van der Waals surface area contributed by atoms with Crippen molar-refractivity contribution in [3.63, 3.8) is 0 Å². The Morgan fingerprint density at radius 2 is 1.54 bits per heavy atom. The standard InChI is InChI=1S/C19H24N2O4S/c1-2-11-20-26(24,25)19-16(21-12-7-3-4-8-13-21)17(22)14-9-5-6-10-15(14)18(19)23/h5-6,9-10,20H,2-4,7-8,11-13H2,1H3. The van der Waals surface area contributed by atoms with Crippen LogP contribution in [0, 0.1) is 0 Å². The summed E-state index contributed by atoms with van der Waals surface area (Å²) < 4.78 is 28.2. The predicted molar refractivity (Wildman–Crippen MR) is 99.4 cm³/mol. The molecule has 26 heavy (non-hydrogen) atoms. The zero-order valence-electron chi connectivity index (χ0n) is 15.0. The molecule has 1 aliphatic heterocycles. The van der Waals surface area contributed by atoms with E-state index in [-0.39, 0.29) is 29.2 Å². The fourth-order valence-electron chi connectivity index (χ4n) is 3.48. The summed E-state index contributed by atoms with van der Waals surface area (Å²) in [5.41, 5.74) is 0.485. The summed E-state index contributed by atoms with van der Waals surface area (Å²) in [5.74, 6) is -0.970. The first-order chi connectivity index (χ1) is 12.5. The molecule has 0 spiro atoms. The molecule has 1 aromatic rings. The molecule has 140 valence electrons. The van der Waals surface area contributed by atoms with Crippen molar-refractivity contribution in [2.45, 2.75) is 39.0 Å². The third-order valence-electron chi connectivity index (χ3n) is 4.79. The highest BCUT2D eigenvalue weighted by Crippen LogP contribution is 2.32. The smallest absolute Gasteiger partial charge is 0.246 e. The first-order valence-corrected chi connectivity index (χ1v) is 10.6. The van der Waals surface area contributed by atoms with Crippen LogP contribution in [-0.2, 0) is 10.0 Å². The van der Waals surface area contributed by atoms with Crippen LogP contribution in [0.15, 0.2) is 34.9 Å². The Bertz CT molecular complexity index is 850. The van der Waals surface area contributed by atoms with Crippen molar-refractivity contribution in [3.05, 3.63) is 46.0 Å². The first-order valence-electron chi connectivity index (χ1n) is 9.14. The third-order valence-corrected chi connectivity index (χ3v) is 6.29. The summed E-state index contributed by atoms with van der Waals surface area (Å²) in [4.78, 5) is 27.6. The SMILES string of the molecule is CCCNS(=O)(=O)C1=C(N2CCCCCC2)C(=O)c2ccccc2C1=O. The number of benzene rings is 1. The number of carbonyl (C=O) groups is 2. The summed E-state index contributed by atoms with van der Waals surface area (Å²) in [6.45, 7) is 3.24. The van der Waals surface area contributed by atoms with Gasteiger partial charge in [-0.15, -0.1) is 0 Å². The van der Waals surface area contributed by atoms with Gasteiger partial charge in [0.05, 0.1) is 0 Å². The van der Waals surface area contributed by atoms with E-state index in [0.29, 0.717) is 19.5 Å². The van der Waals surface area contributed by atoms with Crippen LogP contribution in [0.5, 0.6) is 0 Å². The zero-order valence-corrected chi connectivity index (χ0v) is 15.8. The number of nitrogens with one attached hydrogen (secondary N) is 1. The highest BCUT2D eigenvalue weighted by Gasteiger charge is 2.41. The summed E-state index contributed by atoms with van der Waals surface area (Å²) in [6.07, 6.45) is 4.44. The summed E-state index contributed by atoms with van der Waals surface area (Å²) in [5, 5.41) is 0. The van der Waals surface area contributed by atoms with Gasteiger partial charge in [0.25, 0.3) is 0 Å². The van der Waals surface area contributed by atoms with Gasteiger partial charge >= 0.3 is 0 Å². The molecule has 0 radical (unpaired) electrons. The number of rotatable bonds is 5. The van der Waals surface area contributed by atoms with Crippen molar-refractivity contribution < 1.29 is 18.0 Å². The molecule has 1 aromatic carbocycles. The number of likely N-dealkylation sites (tertiary alicyclic amines) is 1. The van der Waals surface area contributed by atoms with Gasteiger partial charge < -0.3 is 4.90 Å². The largest absolute Gasteiger partial charge is 0.367 e. The van der Waals surface area contributed by atoms with Crippen LogP contribution >= 0.6 is 0 Å². The van der Waals surface area contributed by atoms with Crippen molar-refractivity contribution in [1.82, 2.24) is 9.62 Å². The molecule has 1 heterocycles. The Labute approximate surface area is 154 Å². The third kappa shape index (κ3) is 3.46. The van der Waals surface area contributed by atoms with Gasteiger partial charge in [0.2, 0.25) is 21.6 Å². The van der Waals surface area contributed by atoms with Gasteiger partial charge in [-0.2, -0.15) is 0 Å². The Balaban J connectivity index is 2.17. The van der Waals surface area contributed by atoms with E-state index in [9.17, 15) is 18.0 Å². The van der Waals surface area contributed by atoms with E-state index in [1.165, 1.54) is 6.07 Å². The number of hydrogen-bond donors (Lipinski definition) is 1.